The summed E-state index contributed by atoms with van der Waals surface area (Å²) in [7, 11) is 1.63. The normalized spacial score (nSPS) is 11.4. The molecule has 0 spiro atoms. The maximum Gasteiger partial charge on any atom is 0.255 e. The predicted molar refractivity (Wildman–Crippen MR) is 69.1 cm³/mol. The lowest BCUT2D eigenvalue weighted by Crippen LogP contribution is -2.47. The summed E-state index contributed by atoms with van der Waals surface area (Å²) in [6, 6.07) is 4.75. The number of nitrogens with zero attached hydrogens (tertiary/aromatic N) is 1. The molecular weight excluding hydrogens is 240 g/mol. The molecule has 0 radical (unpaired) electrons. The van der Waals surface area contributed by atoms with E-state index in [0.29, 0.717) is 16.3 Å². The first-order chi connectivity index (χ1) is 7.79. The van der Waals surface area contributed by atoms with Crippen molar-refractivity contribution < 1.29 is 9.90 Å². The summed E-state index contributed by atoms with van der Waals surface area (Å²) in [5, 5.41) is 9.54. The Morgan fingerprint density at radius 1 is 1.53 bits per heavy atom. The predicted octanol–water partition coefficient (Wildman–Crippen LogP) is 1.77. The SMILES string of the molecule is CN(C(=O)c1ccc(N)cc1Cl)C(C)(C)CO. The van der Waals surface area contributed by atoms with Gasteiger partial charge in [-0.3, -0.25) is 4.79 Å². The number of hydrogen-bond acceptors (Lipinski definition) is 3. The second-order valence-electron chi connectivity index (χ2n) is 4.57. The van der Waals surface area contributed by atoms with E-state index < -0.39 is 5.54 Å². The van der Waals surface area contributed by atoms with Crippen LogP contribution in [0.25, 0.3) is 0 Å². The number of halogens is 1. The first-order valence-electron chi connectivity index (χ1n) is 5.23. The van der Waals surface area contributed by atoms with Crippen LogP contribution in [-0.2, 0) is 0 Å². The van der Waals surface area contributed by atoms with Gasteiger partial charge in [0.05, 0.1) is 22.7 Å². The monoisotopic (exact) mass is 256 g/mol. The van der Waals surface area contributed by atoms with Crippen molar-refractivity contribution in [3.05, 3.63) is 28.8 Å². The fraction of sp³-hybridized carbons (Fsp3) is 0.417. The van der Waals surface area contributed by atoms with Crippen molar-refractivity contribution in [2.45, 2.75) is 19.4 Å². The molecule has 17 heavy (non-hydrogen) atoms. The quantitative estimate of drug-likeness (QED) is 0.810. The number of benzene rings is 1. The number of rotatable bonds is 3. The van der Waals surface area contributed by atoms with Crippen molar-refractivity contribution in [3.8, 4) is 0 Å². The zero-order valence-corrected chi connectivity index (χ0v) is 11.0. The molecule has 1 aromatic rings. The van der Waals surface area contributed by atoms with Gasteiger partial charge in [0.15, 0.2) is 0 Å². The van der Waals surface area contributed by atoms with Crippen LogP contribution in [0.3, 0.4) is 0 Å². The van der Waals surface area contributed by atoms with E-state index in [1.165, 1.54) is 11.0 Å². The molecule has 1 amide bonds. The summed E-state index contributed by atoms with van der Waals surface area (Å²) in [5.74, 6) is -0.242. The van der Waals surface area contributed by atoms with E-state index in [9.17, 15) is 9.90 Å². The molecule has 0 heterocycles. The number of aliphatic hydroxyl groups excluding tert-OH is 1. The molecule has 1 rings (SSSR count). The Hall–Kier alpha value is -1.26. The van der Waals surface area contributed by atoms with E-state index in [-0.39, 0.29) is 12.5 Å². The molecule has 3 N–H and O–H groups in total. The van der Waals surface area contributed by atoms with Crippen LogP contribution in [0, 0.1) is 0 Å². The van der Waals surface area contributed by atoms with E-state index >= 15 is 0 Å². The molecule has 0 saturated carbocycles. The van der Waals surface area contributed by atoms with Gasteiger partial charge in [0.2, 0.25) is 0 Å². The van der Waals surface area contributed by atoms with Crippen molar-refractivity contribution in [1.29, 1.82) is 0 Å². The minimum atomic E-state index is -0.637. The van der Waals surface area contributed by atoms with Gasteiger partial charge in [-0.25, -0.2) is 0 Å². The highest BCUT2D eigenvalue weighted by Gasteiger charge is 2.28. The summed E-state index contributed by atoms with van der Waals surface area (Å²) < 4.78 is 0. The molecule has 0 aliphatic carbocycles. The lowest BCUT2D eigenvalue weighted by molar-refractivity contribution is 0.0473. The Kier molecular flexibility index (Phi) is 4.01. The van der Waals surface area contributed by atoms with E-state index in [4.69, 9.17) is 17.3 Å². The fourth-order valence-corrected chi connectivity index (χ4v) is 1.54. The highest BCUT2D eigenvalue weighted by molar-refractivity contribution is 6.34. The number of amides is 1. The minimum Gasteiger partial charge on any atom is -0.399 e. The smallest absolute Gasteiger partial charge is 0.255 e. The van der Waals surface area contributed by atoms with Crippen LogP contribution < -0.4 is 5.73 Å². The van der Waals surface area contributed by atoms with Crippen LogP contribution in [0.15, 0.2) is 18.2 Å². The van der Waals surface area contributed by atoms with Crippen LogP contribution in [-0.4, -0.2) is 35.1 Å². The number of hydrogen-bond donors (Lipinski definition) is 2. The second-order valence-corrected chi connectivity index (χ2v) is 4.98. The number of likely N-dealkylation sites (N-methyl/N-ethyl adjacent to an activating group) is 1. The van der Waals surface area contributed by atoms with Gasteiger partial charge in [0, 0.05) is 12.7 Å². The van der Waals surface area contributed by atoms with Gasteiger partial charge in [-0.05, 0) is 32.0 Å². The maximum absolute atomic E-state index is 12.2. The van der Waals surface area contributed by atoms with Gasteiger partial charge in [-0.2, -0.15) is 0 Å². The van der Waals surface area contributed by atoms with Crippen LogP contribution in [0.2, 0.25) is 5.02 Å². The lowest BCUT2D eigenvalue weighted by Gasteiger charge is -2.34. The molecule has 0 aliphatic heterocycles. The first-order valence-corrected chi connectivity index (χ1v) is 5.61. The Labute approximate surface area is 106 Å². The average Bonchev–Trinajstić information content (AvgIpc) is 2.27. The lowest BCUT2D eigenvalue weighted by atomic mass is 10.0. The van der Waals surface area contributed by atoms with Gasteiger partial charge < -0.3 is 15.7 Å². The Morgan fingerprint density at radius 3 is 2.59 bits per heavy atom. The van der Waals surface area contributed by atoms with Gasteiger partial charge >= 0.3 is 0 Å². The summed E-state index contributed by atoms with van der Waals surface area (Å²) in [6.07, 6.45) is 0. The van der Waals surface area contributed by atoms with Crippen LogP contribution in [0.1, 0.15) is 24.2 Å². The molecular formula is C12H17ClN2O2. The maximum atomic E-state index is 12.2. The van der Waals surface area contributed by atoms with Gasteiger partial charge in [0.25, 0.3) is 5.91 Å². The standard InChI is InChI=1S/C12H17ClN2O2/c1-12(2,7-16)15(3)11(17)9-5-4-8(14)6-10(9)13/h4-6,16H,7,14H2,1-3H3. The largest absolute Gasteiger partial charge is 0.399 e. The summed E-state index contributed by atoms with van der Waals surface area (Å²) in [4.78, 5) is 13.6. The Bertz CT molecular complexity index is 433. The molecule has 0 unspecified atom stereocenters. The zero-order valence-electron chi connectivity index (χ0n) is 10.2. The van der Waals surface area contributed by atoms with Crippen LogP contribution in [0.5, 0.6) is 0 Å². The third-order valence-corrected chi connectivity index (χ3v) is 3.14. The zero-order chi connectivity index (χ0) is 13.2. The molecule has 94 valence electrons. The molecule has 1 aromatic carbocycles. The Morgan fingerprint density at radius 2 is 2.12 bits per heavy atom. The molecule has 0 fully saturated rings. The fourth-order valence-electron chi connectivity index (χ4n) is 1.27. The van der Waals surface area contributed by atoms with Crippen molar-refractivity contribution in [2.75, 3.05) is 19.4 Å². The molecule has 5 heteroatoms. The number of carbonyl (C=O) groups is 1. The average molecular weight is 257 g/mol. The third-order valence-electron chi connectivity index (χ3n) is 2.82. The summed E-state index contributed by atoms with van der Waals surface area (Å²) in [5.41, 5.74) is 5.82. The third kappa shape index (κ3) is 2.90. The molecule has 0 aliphatic rings. The minimum absolute atomic E-state index is 0.123. The van der Waals surface area contributed by atoms with Crippen molar-refractivity contribution in [3.63, 3.8) is 0 Å². The van der Waals surface area contributed by atoms with Crippen LogP contribution in [0.4, 0.5) is 5.69 Å². The van der Waals surface area contributed by atoms with Gasteiger partial charge in [-0.15, -0.1) is 0 Å². The van der Waals surface area contributed by atoms with E-state index in [1.807, 2.05) is 0 Å². The molecule has 4 nitrogen and oxygen atoms in total. The van der Waals surface area contributed by atoms with Crippen molar-refractivity contribution in [2.24, 2.45) is 0 Å². The van der Waals surface area contributed by atoms with Gasteiger partial charge in [0.1, 0.15) is 0 Å². The highest BCUT2D eigenvalue weighted by atomic mass is 35.5. The number of carbonyl (C=O) groups excluding carboxylic acids is 1. The topological polar surface area (TPSA) is 66.6 Å². The highest BCUT2D eigenvalue weighted by Crippen LogP contribution is 2.23. The molecule has 0 atom stereocenters. The number of nitrogen functional groups attached to an aromatic ring is 1. The second kappa shape index (κ2) is 4.94. The van der Waals surface area contributed by atoms with Crippen molar-refractivity contribution >= 4 is 23.2 Å². The summed E-state index contributed by atoms with van der Waals surface area (Å²) in [6.45, 7) is 3.42. The van der Waals surface area contributed by atoms with Gasteiger partial charge in [-0.1, -0.05) is 11.6 Å². The van der Waals surface area contributed by atoms with E-state index in [1.54, 1.807) is 33.0 Å². The number of aliphatic hydroxyl groups is 1. The van der Waals surface area contributed by atoms with E-state index in [2.05, 4.69) is 0 Å². The van der Waals surface area contributed by atoms with Crippen LogP contribution >= 0.6 is 11.6 Å². The first kappa shape index (κ1) is 13.8. The molecule has 0 aromatic heterocycles. The Balaban J connectivity index is 3.05. The number of anilines is 1. The number of nitrogens with two attached hydrogens (primary N) is 1. The van der Waals surface area contributed by atoms with E-state index in [0.717, 1.165) is 0 Å². The van der Waals surface area contributed by atoms with Crippen molar-refractivity contribution in [1.82, 2.24) is 4.90 Å². The summed E-state index contributed by atoms with van der Waals surface area (Å²) >= 11 is 5.97. The molecule has 0 bridgehead atoms. The molecule has 0 saturated heterocycles.